The van der Waals surface area contributed by atoms with Gasteiger partial charge < -0.3 is 0 Å². The molecule has 0 amide bonds. The van der Waals surface area contributed by atoms with Crippen LogP contribution < -0.4 is 0 Å². The van der Waals surface area contributed by atoms with Crippen molar-refractivity contribution in [3.8, 4) is 0 Å². The van der Waals surface area contributed by atoms with Crippen LogP contribution in [0, 0.1) is 0 Å². The van der Waals surface area contributed by atoms with Gasteiger partial charge in [-0.2, -0.15) is 0 Å². The molecule has 132 valence electrons. The summed E-state index contributed by atoms with van der Waals surface area (Å²) in [6.45, 7) is 3.11. The first-order valence-electron chi connectivity index (χ1n) is 7.85. The van der Waals surface area contributed by atoms with Gasteiger partial charge in [0.15, 0.2) is 15.8 Å². The highest BCUT2D eigenvalue weighted by molar-refractivity contribution is 8.00. The number of fused-ring (bicyclic) bond motifs is 5. The van der Waals surface area contributed by atoms with E-state index in [2.05, 4.69) is 15.0 Å². The van der Waals surface area contributed by atoms with Crippen LogP contribution in [0.3, 0.4) is 0 Å². The Morgan fingerprint density at radius 1 is 1.04 bits per heavy atom. The van der Waals surface area contributed by atoms with Crippen LogP contribution in [-0.2, 0) is 9.59 Å². The zero-order chi connectivity index (χ0) is 18.3. The number of Topliss-reactive ketones (excluding diaryl/α,β-unsaturated/α-hetero) is 2. The van der Waals surface area contributed by atoms with Gasteiger partial charge in [-0.15, -0.1) is 0 Å². The third kappa shape index (κ3) is 3.22. The summed E-state index contributed by atoms with van der Waals surface area (Å²) in [7, 11) is 0. The van der Waals surface area contributed by atoms with Crippen LogP contribution in [0.4, 0.5) is 0 Å². The van der Waals surface area contributed by atoms with Crippen molar-refractivity contribution in [2.75, 3.05) is 11.5 Å². The van der Waals surface area contributed by atoms with E-state index >= 15 is 0 Å². The Hall–Kier alpha value is -1.97. The summed E-state index contributed by atoms with van der Waals surface area (Å²) in [4.78, 5) is 37.5. The highest BCUT2D eigenvalue weighted by Gasteiger charge is 2.18. The summed E-state index contributed by atoms with van der Waals surface area (Å²) in [6, 6.07) is 7.91. The van der Waals surface area contributed by atoms with Crippen molar-refractivity contribution < 1.29 is 9.59 Å². The van der Waals surface area contributed by atoms with Crippen molar-refractivity contribution in [3.63, 3.8) is 0 Å². The highest BCUT2D eigenvalue weighted by Crippen LogP contribution is 2.36. The first-order valence-corrected chi connectivity index (χ1v) is 10.6. The third-order valence-electron chi connectivity index (χ3n) is 3.55. The van der Waals surface area contributed by atoms with Crippen molar-refractivity contribution >= 4 is 72.8 Å². The Morgan fingerprint density at radius 3 is 2.54 bits per heavy atom. The van der Waals surface area contributed by atoms with Gasteiger partial charge in [-0.25, -0.2) is 15.0 Å². The third-order valence-corrected chi connectivity index (χ3v) is 6.82. The lowest BCUT2D eigenvalue weighted by atomic mass is 10.3. The molecule has 0 fully saturated rings. The number of aromatic nitrogens is 4. The molecule has 9 heteroatoms. The molecule has 0 aliphatic carbocycles. The lowest BCUT2D eigenvalue weighted by Gasteiger charge is -2.04. The second-order valence-electron chi connectivity index (χ2n) is 5.77. The molecule has 4 aromatic rings. The van der Waals surface area contributed by atoms with Crippen molar-refractivity contribution in [3.05, 3.63) is 24.3 Å². The number of thioether (sulfide) groups is 2. The fourth-order valence-electron chi connectivity index (χ4n) is 2.51. The van der Waals surface area contributed by atoms with E-state index in [9.17, 15) is 9.59 Å². The lowest BCUT2D eigenvalue weighted by molar-refractivity contribution is -0.115. The van der Waals surface area contributed by atoms with Gasteiger partial charge in [-0.3, -0.25) is 14.0 Å². The van der Waals surface area contributed by atoms with Gasteiger partial charge in [-0.1, -0.05) is 47.0 Å². The van der Waals surface area contributed by atoms with E-state index in [1.165, 1.54) is 34.9 Å². The predicted molar refractivity (Wildman–Crippen MR) is 106 cm³/mol. The minimum absolute atomic E-state index is 0.0696. The molecule has 0 bridgehead atoms. The molecule has 4 rings (SSSR count). The summed E-state index contributed by atoms with van der Waals surface area (Å²) >= 11 is 4.23. The molecule has 6 nitrogen and oxygen atoms in total. The zero-order valence-corrected chi connectivity index (χ0v) is 16.5. The number of imidazole rings is 1. The average molecular weight is 403 g/mol. The minimum atomic E-state index is 0.0696. The van der Waals surface area contributed by atoms with E-state index < -0.39 is 0 Å². The molecule has 0 aliphatic rings. The van der Waals surface area contributed by atoms with Gasteiger partial charge in [0, 0.05) is 0 Å². The molecule has 26 heavy (non-hydrogen) atoms. The van der Waals surface area contributed by atoms with E-state index in [0.29, 0.717) is 16.7 Å². The second kappa shape index (κ2) is 6.98. The average Bonchev–Trinajstić information content (AvgIpc) is 3.13. The van der Waals surface area contributed by atoms with Gasteiger partial charge in [0.1, 0.15) is 21.3 Å². The molecular weight excluding hydrogens is 388 g/mol. The number of thiazole rings is 1. The molecule has 0 N–H and O–H groups in total. The topological polar surface area (TPSA) is 77.2 Å². The molecule has 0 saturated heterocycles. The highest BCUT2D eigenvalue weighted by atomic mass is 32.2. The van der Waals surface area contributed by atoms with Crippen molar-refractivity contribution in [1.29, 1.82) is 0 Å². The summed E-state index contributed by atoms with van der Waals surface area (Å²) in [5.74, 6) is 0.830. The maximum absolute atomic E-state index is 11.4. The number of rotatable bonds is 6. The Kier molecular flexibility index (Phi) is 4.68. The predicted octanol–water partition coefficient (Wildman–Crippen LogP) is 3.85. The Morgan fingerprint density at radius 2 is 1.77 bits per heavy atom. The SMILES string of the molecule is CC(=O)CSc1nc(SCC(C)=O)c2sc3nc4ccccc4n3c2n1. The van der Waals surface area contributed by atoms with E-state index in [1.807, 2.05) is 28.7 Å². The van der Waals surface area contributed by atoms with Gasteiger partial charge >= 0.3 is 0 Å². The monoisotopic (exact) mass is 402 g/mol. The van der Waals surface area contributed by atoms with Crippen LogP contribution in [0.1, 0.15) is 13.8 Å². The molecule has 0 radical (unpaired) electrons. The van der Waals surface area contributed by atoms with Crippen molar-refractivity contribution in [2.45, 2.75) is 24.0 Å². The summed E-state index contributed by atoms with van der Waals surface area (Å²) < 4.78 is 2.93. The zero-order valence-electron chi connectivity index (χ0n) is 14.1. The van der Waals surface area contributed by atoms with Gasteiger partial charge in [0.25, 0.3) is 0 Å². The maximum atomic E-state index is 11.4. The minimum Gasteiger partial charge on any atom is -0.299 e. The first-order chi connectivity index (χ1) is 12.5. The van der Waals surface area contributed by atoms with E-state index in [4.69, 9.17) is 0 Å². The van der Waals surface area contributed by atoms with Crippen LogP contribution in [0.15, 0.2) is 34.4 Å². The fourth-order valence-corrected chi connectivity index (χ4v) is 5.18. The Balaban J connectivity index is 1.93. The van der Waals surface area contributed by atoms with Crippen molar-refractivity contribution in [1.82, 2.24) is 19.4 Å². The smallest absolute Gasteiger partial charge is 0.197 e. The van der Waals surface area contributed by atoms with E-state index in [-0.39, 0.29) is 11.6 Å². The number of carbonyl (C=O) groups is 2. The van der Waals surface area contributed by atoms with Crippen LogP contribution in [0.25, 0.3) is 26.3 Å². The van der Waals surface area contributed by atoms with Crippen LogP contribution >= 0.6 is 34.9 Å². The summed E-state index contributed by atoms with van der Waals surface area (Å²) in [5, 5.41) is 1.30. The molecule has 0 saturated carbocycles. The van der Waals surface area contributed by atoms with Crippen molar-refractivity contribution in [2.24, 2.45) is 0 Å². The normalized spacial score (nSPS) is 11.6. The largest absolute Gasteiger partial charge is 0.299 e. The van der Waals surface area contributed by atoms with E-state index in [1.54, 1.807) is 13.8 Å². The number of nitrogens with zero attached hydrogens (tertiary/aromatic N) is 4. The molecule has 0 aliphatic heterocycles. The molecule has 3 heterocycles. The second-order valence-corrected chi connectivity index (χ2v) is 8.65. The molecule has 0 unspecified atom stereocenters. The van der Waals surface area contributed by atoms with Gasteiger partial charge in [-0.05, 0) is 26.0 Å². The molecular formula is C17H14N4O2S3. The van der Waals surface area contributed by atoms with E-state index in [0.717, 1.165) is 31.4 Å². The van der Waals surface area contributed by atoms with Crippen LogP contribution in [-0.4, -0.2) is 42.4 Å². The Bertz CT molecular complexity index is 1170. The number of ketones is 2. The molecule has 0 spiro atoms. The van der Waals surface area contributed by atoms with Crippen LogP contribution in [0.5, 0.6) is 0 Å². The maximum Gasteiger partial charge on any atom is 0.197 e. The molecule has 0 atom stereocenters. The summed E-state index contributed by atoms with van der Waals surface area (Å²) in [5.41, 5.74) is 2.67. The summed E-state index contributed by atoms with van der Waals surface area (Å²) in [6.07, 6.45) is 0. The molecule has 1 aromatic carbocycles. The lowest BCUT2D eigenvalue weighted by Crippen LogP contribution is -1.99. The van der Waals surface area contributed by atoms with Gasteiger partial charge in [0.2, 0.25) is 0 Å². The number of carbonyl (C=O) groups excluding carboxylic acids is 2. The van der Waals surface area contributed by atoms with Gasteiger partial charge in [0.05, 0.1) is 22.5 Å². The number of benzene rings is 1. The Labute approximate surface area is 161 Å². The number of hydrogen-bond donors (Lipinski definition) is 0. The number of hydrogen-bond acceptors (Lipinski definition) is 8. The first kappa shape index (κ1) is 17.4. The number of para-hydroxylation sites is 2. The molecule has 3 aromatic heterocycles. The quantitative estimate of drug-likeness (QED) is 0.275. The van der Waals surface area contributed by atoms with Crippen LogP contribution in [0.2, 0.25) is 0 Å². The standard InChI is InChI=1S/C17H14N4O2S3/c1-9(22)7-24-15-13-14(19-16(20-15)25-8-10(2)23)21-12-6-4-3-5-11(12)18-17(21)26-13/h3-6H,7-8H2,1-2H3. The fraction of sp³-hybridized carbons (Fsp3) is 0.235.